The van der Waals surface area contributed by atoms with Crippen molar-refractivity contribution in [2.45, 2.75) is 19.0 Å². The SMILES string of the molecule is O=C(NCCCC(F)(F)F)c1cc(Br)c[nH]1. The van der Waals surface area contributed by atoms with Crippen molar-refractivity contribution in [3.63, 3.8) is 0 Å². The summed E-state index contributed by atoms with van der Waals surface area (Å²) in [4.78, 5) is 14.0. The fourth-order valence-electron chi connectivity index (χ4n) is 1.08. The van der Waals surface area contributed by atoms with Gasteiger partial charge in [0.1, 0.15) is 5.69 Å². The normalized spacial score (nSPS) is 11.5. The summed E-state index contributed by atoms with van der Waals surface area (Å²) in [5, 5.41) is 2.39. The van der Waals surface area contributed by atoms with Crippen LogP contribution in [-0.4, -0.2) is 23.6 Å². The zero-order valence-corrected chi connectivity index (χ0v) is 9.78. The smallest absolute Gasteiger partial charge is 0.356 e. The first-order chi connectivity index (χ1) is 7.38. The van der Waals surface area contributed by atoms with Gasteiger partial charge in [0.15, 0.2) is 0 Å². The number of aromatic nitrogens is 1. The van der Waals surface area contributed by atoms with Crippen molar-refractivity contribution >= 4 is 21.8 Å². The molecule has 0 bridgehead atoms. The van der Waals surface area contributed by atoms with Crippen molar-refractivity contribution in [2.75, 3.05) is 6.54 Å². The minimum atomic E-state index is -4.17. The van der Waals surface area contributed by atoms with Crippen LogP contribution in [0.25, 0.3) is 0 Å². The van der Waals surface area contributed by atoms with Crippen molar-refractivity contribution in [3.8, 4) is 0 Å². The van der Waals surface area contributed by atoms with E-state index in [0.29, 0.717) is 10.2 Å². The fourth-order valence-corrected chi connectivity index (χ4v) is 1.43. The Kier molecular flexibility index (Phi) is 4.40. The third kappa shape index (κ3) is 4.69. The van der Waals surface area contributed by atoms with Crippen LogP contribution in [-0.2, 0) is 0 Å². The summed E-state index contributed by atoms with van der Waals surface area (Å²) in [6.07, 6.45) is -3.59. The van der Waals surface area contributed by atoms with Crippen molar-refractivity contribution in [1.82, 2.24) is 10.3 Å². The predicted molar refractivity (Wildman–Crippen MR) is 56.1 cm³/mol. The van der Waals surface area contributed by atoms with E-state index in [0.717, 1.165) is 0 Å². The van der Waals surface area contributed by atoms with Gasteiger partial charge in [0.05, 0.1) is 0 Å². The van der Waals surface area contributed by atoms with E-state index in [-0.39, 0.29) is 13.0 Å². The molecule has 1 rings (SSSR count). The first kappa shape index (κ1) is 13.1. The van der Waals surface area contributed by atoms with E-state index in [9.17, 15) is 18.0 Å². The van der Waals surface area contributed by atoms with Crippen LogP contribution in [0.1, 0.15) is 23.3 Å². The highest BCUT2D eigenvalue weighted by molar-refractivity contribution is 9.10. The quantitative estimate of drug-likeness (QED) is 0.825. The molecule has 0 fully saturated rings. The third-order valence-corrected chi connectivity index (χ3v) is 2.27. The molecule has 0 aliphatic rings. The standard InChI is InChI=1S/C9H10BrF3N2O/c10-6-4-7(15-5-6)8(16)14-3-1-2-9(11,12)13/h4-5,15H,1-3H2,(H,14,16). The van der Waals surface area contributed by atoms with Crippen molar-refractivity contribution < 1.29 is 18.0 Å². The number of alkyl halides is 3. The number of halogens is 4. The van der Waals surface area contributed by atoms with Gasteiger partial charge in [-0.3, -0.25) is 4.79 Å². The molecule has 0 aliphatic carbocycles. The van der Waals surface area contributed by atoms with Gasteiger partial charge in [-0.15, -0.1) is 0 Å². The predicted octanol–water partition coefficient (Wildman–Crippen LogP) is 2.85. The maximum atomic E-state index is 11.8. The van der Waals surface area contributed by atoms with Crippen LogP contribution in [0.15, 0.2) is 16.7 Å². The van der Waals surface area contributed by atoms with E-state index in [4.69, 9.17) is 0 Å². The Morgan fingerprint density at radius 2 is 2.19 bits per heavy atom. The Morgan fingerprint density at radius 3 is 2.69 bits per heavy atom. The van der Waals surface area contributed by atoms with Gasteiger partial charge in [-0.05, 0) is 28.4 Å². The number of rotatable bonds is 4. The number of hydrogen-bond donors (Lipinski definition) is 2. The maximum Gasteiger partial charge on any atom is 0.389 e. The molecule has 1 aromatic rings. The summed E-state index contributed by atoms with van der Waals surface area (Å²) in [6, 6.07) is 1.55. The van der Waals surface area contributed by atoms with Crippen LogP contribution < -0.4 is 5.32 Å². The van der Waals surface area contributed by atoms with E-state index >= 15 is 0 Å². The molecule has 7 heteroatoms. The molecule has 16 heavy (non-hydrogen) atoms. The number of carbonyl (C=O) groups excluding carboxylic acids is 1. The number of carbonyl (C=O) groups is 1. The molecule has 0 aliphatic heterocycles. The molecule has 3 nitrogen and oxygen atoms in total. The number of hydrogen-bond acceptors (Lipinski definition) is 1. The summed E-state index contributed by atoms with van der Waals surface area (Å²) < 4.78 is 36.1. The van der Waals surface area contributed by atoms with Crippen LogP contribution >= 0.6 is 15.9 Å². The van der Waals surface area contributed by atoms with E-state index in [1.165, 1.54) is 0 Å². The van der Waals surface area contributed by atoms with Crippen LogP contribution in [0.2, 0.25) is 0 Å². The molecule has 1 aromatic heterocycles. The first-order valence-corrected chi connectivity index (χ1v) is 5.36. The van der Waals surface area contributed by atoms with E-state index in [1.54, 1.807) is 12.3 Å². The van der Waals surface area contributed by atoms with Crippen LogP contribution in [0, 0.1) is 0 Å². The van der Waals surface area contributed by atoms with Gasteiger partial charge in [-0.2, -0.15) is 13.2 Å². The van der Waals surface area contributed by atoms with Crippen LogP contribution in [0.3, 0.4) is 0 Å². The third-order valence-electron chi connectivity index (χ3n) is 1.81. The molecule has 2 N–H and O–H groups in total. The van der Waals surface area contributed by atoms with Gasteiger partial charge in [-0.25, -0.2) is 0 Å². The molecule has 1 heterocycles. The molecule has 0 atom stereocenters. The van der Waals surface area contributed by atoms with Gasteiger partial charge in [0.2, 0.25) is 0 Å². The second-order valence-corrected chi connectivity index (χ2v) is 4.12. The Bertz CT molecular complexity index is 362. The zero-order valence-electron chi connectivity index (χ0n) is 8.20. The molecular weight excluding hydrogens is 289 g/mol. The van der Waals surface area contributed by atoms with Gasteiger partial charge in [0, 0.05) is 23.6 Å². The Hall–Kier alpha value is -0.980. The lowest BCUT2D eigenvalue weighted by Crippen LogP contribution is -2.25. The zero-order chi connectivity index (χ0) is 12.2. The Morgan fingerprint density at radius 1 is 1.50 bits per heavy atom. The second-order valence-electron chi connectivity index (χ2n) is 3.21. The Balaban J connectivity index is 2.26. The molecule has 1 amide bonds. The average molecular weight is 299 g/mol. The Labute approximate surface area is 98.5 Å². The van der Waals surface area contributed by atoms with Crippen molar-refractivity contribution in [1.29, 1.82) is 0 Å². The van der Waals surface area contributed by atoms with Gasteiger partial charge in [-0.1, -0.05) is 0 Å². The van der Waals surface area contributed by atoms with E-state index in [1.807, 2.05) is 0 Å². The molecule has 0 saturated heterocycles. The molecule has 0 spiro atoms. The lowest BCUT2D eigenvalue weighted by atomic mass is 10.3. The number of nitrogens with one attached hydrogen (secondary N) is 2. The van der Waals surface area contributed by atoms with Crippen molar-refractivity contribution in [2.24, 2.45) is 0 Å². The summed E-state index contributed by atoms with van der Waals surface area (Å²) in [5.41, 5.74) is 0.318. The summed E-state index contributed by atoms with van der Waals surface area (Å²) >= 11 is 3.15. The van der Waals surface area contributed by atoms with Crippen molar-refractivity contribution in [3.05, 3.63) is 22.4 Å². The molecular formula is C9H10BrF3N2O. The van der Waals surface area contributed by atoms with Crippen LogP contribution in [0.5, 0.6) is 0 Å². The summed E-state index contributed by atoms with van der Waals surface area (Å²) in [5.74, 6) is -0.409. The topological polar surface area (TPSA) is 44.9 Å². The van der Waals surface area contributed by atoms with Gasteiger partial charge in [0.25, 0.3) is 5.91 Å². The maximum absolute atomic E-state index is 11.8. The lowest BCUT2D eigenvalue weighted by molar-refractivity contribution is -0.135. The minimum Gasteiger partial charge on any atom is -0.356 e. The molecule has 0 saturated carbocycles. The molecule has 0 aromatic carbocycles. The minimum absolute atomic E-state index is 0.00891. The lowest BCUT2D eigenvalue weighted by Gasteiger charge is -2.06. The average Bonchev–Trinajstić information content (AvgIpc) is 2.57. The highest BCUT2D eigenvalue weighted by Crippen LogP contribution is 2.20. The summed E-state index contributed by atoms with van der Waals surface area (Å²) in [7, 11) is 0. The largest absolute Gasteiger partial charge is 0.389 e. The highest BCUT2D eigenvalue weighted by atomic mass is 79.9. The molecule has 0 radical (unpaired) electrons. The second kappa shape index (κ2) is 5.38. The van der Waals surface area contributed by atoms with Gasteiger partial charge < -0.3 is 10.3 Å². The first-order valence-electron chi connectivity index (χ1n) is 4.57. The van der Waals surface area contributed by atoms with E-state index in [2.05, 4.69) is 26.2 Å². The number of amides is 1. The number of aromatic amines is 1. The summed E-state index contributed by atoms with van der Waals surface area (Å²) in [6.45, 7) is 0.00891. The molecule has 90 valence electrons. The van der Waals surface area contributed by atoms with E-state index < -0.39 is 18.5 Å². The molecule has 0 unspecified atom stereocenters. The van der Waals surface area contributed by atoms with Gasteiger partial charge >= 0.3 is 6.18 Å². The highest BCUT2D eigenvalue weighted by Gasteiger charge is 2.26. The van der Waals surface area contributed by atoms with Crippen LogP contribution in [0.4, 0.5) is 13.2 Å². The fraction of sp³-hybridized carbons (Fsp3) is 0.444. The number of H-pyrrole nitrogens is 1. The monoisotopic (exact) mass is 298 g/mol.